The van der Waals surface area contributed by atoms with Crippen molar-refractivity contribution in [3.63, 3.8) is 0 Å². The number of nitrogens with one attached hydrogen (secondary N) is 2. The third-order valence-electron chi connectivity index (χ3n) is 5.92. The summed E-state index contributed by atoms with van der Waals surface area (Å²) in [4.78, 5) is 39.2. The molecule has 1 aliphatic heterocycles. The van der Waals surface area contributed by atoms with E-state index in [0.717, 1.165) is 53.9 Å². The summed E-state index contributed by atoms with van der Waals surface area (Å²) in [6.07, 6.45) is 5.42. The Kier molecular flexibility index (Phi) is 5.76. The molecule has 4 rings (SSSR count). The van der Waals surface area contributed by atoms with E-state index in [1.807, 2.05) is 24.8 Å². The second-order valence-corrected chi connectivity index (χ2v) is 8.58. The summed E-state index contributed by atoms with van der Waals surface area (Å²) >= 11 is 0. The molecule has 1 aliphatic rings. The lowest BCUT2D eigenvalue weighted by atomic mass is 9.86. The van der Waals surface area contributed by atoms with Gasteiger partial charge in [0.05, 0.1) is 22.1 Å². The lowest BCUT2D eigenvalue weighted by Gasteiger charge is -2.20. The zero-order valence-electron chi connectivity index (χ0n) is 18.4. The fraction of sp³-hybridized carbons (Fsp3) is 0.417. The fourth-order valence-electron chi connectivity index (χ4n) is 4.13. The van der Waals surface area contributed by atoms with Gasteiger partial charge >= 0.3 is 0 Å². The first-order valence-corrected chi connectivity index (χ1v) is 11.0. The number of fused-ring (bicyclic) bond motifs is 2. The average molecular weight is 420 g/mol. The van der Waals surface area contributed by atoms with Crippen LogP contribution in [0.3, 0.4) is 0 Å². The number of benzene rings is 1. The Bertz CT molecular complexity index is 1100. The Hall–Kier alpha value is -3.22. The van der Waals surface area contributed by atoms with Gasteiger partial charge < -0.3 is 15.2 Å². The first-order chi connectivity index (χ1) is 14.9. The van der Waals surface area contributed by atoms with Gasteiger partial charge in [-0.25, -0.2) is 4.98 Å². The number of imidazole rings is 1. The van der Waals surface area contributed by atoms with Gasteiger partial charge in [-0.3, -0.25) is 14.6 Å². The topological polar surface area (TPSA) is 91.0 Å². The Morgan fingerprint density at radius 1 is 1.23 bits per heavy atom. The smallest absolute Gasteiger partial charge is 0.269 e. The van der Waals surface area contributed by atoms with Crippen LogP contribution in [0.1, 0.15) is 61.9 Å². The normalized spacial score (nSPS) is 14.8. The lowest BCUT2D eigenvalue weighted by molar-refractivity contribution is -0.122. The van der Waals surface area contributed by atoms with Gasteiger partial charge in [-0.2, -0.15) is 0 Å². The SMILES string of the molecule is CCCCCN1C(=O)C(C)(C)c2cc3[nH]c(CCNC(=O)c4ccccn4)nc3cc21. The first-order valence-electron chi connectivity index (χ1n) is 11.0. The van der Waals surface area contributed by atoms with Crippen LogP contribution in [0.15, 0.2) is 36.5 Å². The number of hydrogen-bond donors (Lipinski definition) is 2. The molecule has 0 saturated heterocycles. The lowest BCUT2D eigenvalue weighted by Crippen LogP contribution is -2.36. The molecule has 31 heavy (non-hydrogen) atoms. The maximum Gasteiger partial charge on any atom is 0.269 e. The molecule has 162 valence electrons. The number of rotatable bonds is 8. The van der Waals surface area contributed by atoms with Crippen molar-refractivity contribution in [3.05, 3.63) is 53.6 Å². The van der Waals surface area contributed by atoms with E-state index in [0.29, 0.717) is 18.7 Å². The van der Waals surface area contributed by atoms with Gasteiger partial charge in [0, 0.05) is 25.7 Å². The molecule has 0 fully saturated rings. The standard InChI is InChI=1S/C24H29N5O2/c1-4-5-8-13-29-20-15-19-18(14-16(20)24(2,3)23(29)31)27-21(28-19)10-12-26-22(30)17-9-6-7-11-25-17/h6-7,9,11,14-15H,4-5,8,10,12-13H2,1-3H3,(H,26,30)(H,27,28). The molecule has 2 N–H and O–H groups in total. The van der Waals surface area contributed by atoms with Gasteiger partial charge in [-0.05, 0) is 50.1 Å². The molecule has 0 atom stereocenters. The summed E-state index contributed by atoms with van der Waals surface area (Å²) in [7, 11) is 0. The van der Waals surface area contributed by atoms with Gasteiger partial charge in [0.15, 0.2) is 0 Å². The monoisotopic (exact) mass is 419 g/mol. The van der Waals surface area contributed by atoms with Crippen LogP contribution in [0.4, 0.5) is 5.69 Å². The highest BCUT2D eigenvalue weighted by Gasteiger charge is 2.43. The largest absolute Gasteiger partial charge is 0.350 e. The number of carbonyl (C=O) groups is 2. The van der Waals surface area contributed by atoms with Crippen LogP contribution >= 0.6 is 0 Å². The zero-order chi connectivity index (χ0) is 22.0. The maximum absolute atomic E-state index is 13.0. The molecule has 0 spiro atoms. The van der Waals surface area contributed by atoms with Gasteiger partial charge in [0.2, 0.25) is 5.91 Å². The molecular weight excluding hydrogens is 390 g/mol. The molecule has 0 saturated carbocycles. The summed E-state index contributed by atoms with van der Waals surface area (Å²) in [5.74, 6) is 0.768. The first kappa shape index (κ1) is 21.0. The molecule has 0 unspecified atom stereocenters. The molecule has 2 aromatic heterocycles. The Labute approximate surface area is 182 Å². The number of anilines is 1. The fourth-order valence-corrected chi connectivity index (χ4v) is 4.13. The number of amides is 2. The van der Waals surface area contributed by atoms with Gasteiger partial charge in [0.1, 0.15) is 11.5 Å². The minimum Gasteiger partial charge on any atom is -0.350 e. The molecule has 0 radical (unpaired) electrons. The number of hydrogen-bond acceptors (Lipinski definition) is 4. The van der Waals surface area contributed by atoms with Crippen molar-refractivity contribution in [3.8, 4) is 0 Å². The van der Waals surface area contributed by atoms with Crippen LogP contribution < -0.4 is 10.2 Å². The zero-order valence-corrected chi connectivity index (χ0v) is 18.4. The van der Waals surface area contributed by atoms with Crippen molar-refractivity contribution in [1.29, 1.82) is 0 Å². The van der Waals surface area contributed by atoms with Crippen LogP contribution in [0.25, 0.3) is 11.0 Å². The second kappa shape index (κ2) is 8.49. The number of H-pyrrole nitrogens is 1. The summed E-state index contributed by atoms with van der Waals surface area (Å²) in [6, 6.07) is 9.34. The average Bonchev–Trinajstić information content (AvgIpc) is 3.24. The molecule has 2 amide bonds. The van der Waals surface area contributed by atoms with E-state index < -0.39 is 5.41 Å². The maximum atomic E-state index is 13.0. The van der Waals surface area contributed by atoms with E-state index >= 15 is 0 Å². The van der Waals surface area contributed by atoms with E-state index in [4.69, 9.17) is 4.98 Å². The highest BCUT2D eigenvalue weighted by Crippen LogP contribution is 2.43. The number of aromatic nitrogens is 3. The van der Waals surface area contributed by atoms with Crippen molar-refractivity contribution >= 4 is 28.5 Å². The van der Waals surface area contributed by atoms with Crippen LogP contribution in [-0.2, 0) is 16.6 Å². The quantitative estimate of drug-likeness (QED) is 0.544. The van der Waals surface area contributed by atoms with Crippen LogP contribution in [0.5, 0.6) is 0 Å². The molecule has 7 nitrogen and oxygen atoms in total. The van der Waals surface area contributed by atoms with E-state index in [2.05, 4.69) is 28.3 Å². The Morgan fingerprint density at radius 2 is 2.06 bits per heavy atom. The third kappa shape index (κ3) is 4.04. The van der Waals surface area contributed by atoms with Gasteiger partial charge in [-0.1, -0.05) is 25.8 Å². The highest BCUT2D eigenvalue weighted by molar-refractivity contribution is 6.09. The second-order valence-electron chi connectivity index (χ2n) is 8.58. The van der Waals surface area contributed by atoms with E-state index in [9.17, 15) is 9.59 Å². The van der Waals surface area contributed by atoms with E-state index in [-0.39, 0.29) is 11.8 Å². The van der Waals surface area contributed by atoms with Crippen molar-refractivity contribution in [2.45, 2.75) is 51.9 Å². The third-order valence-corrected chi connectivity index (χ3v) is 5.92. The van der Waals surface area contributed by atoms with Crippen molar-refractivity contribution < 1.29 is 9.59 Å². The highest BCUT2D eigenvalue weighted by atomic mass is 16.2. The molecule has 3 heterocycles. The number of unbranched alkanes of at least 4 members (excludes halogenated alkanes) is 2. The summed E-state index contributed by atoms with van der Waals surface area (Å²) in [5.41, 5.74) is 3.63. The summed E-state index contributed by atoms with van der Waals surface area (Å²) in [5, 5.41) is 2.88. The van der Waals surface area contributed by atoms with Crippen molar-refractivity contribution in [2.24, 2.45) is 0 Å². The minimum atomic E-state index is -0.544. The molecule has 3 aromatic rings. The predicted octanol–water partition coefficient (Wildman–Crippen LogP) is 3.74. The Morgan fingerprint density at radius 3 is 2.81 bits per heavy atom. The number of carbonyl (C=O) groups excluding carboxylic acids is 2. The predicted molar refractivity (Wildman–Crippen MR) is 121 cm³/mol. The molecular formula is C24H29N5O2. The number of pyridine rings is 1. The summed E-state index contributed by atoms with van der Waals surface area (Å²) < 4.78 is 0. The minimum absolute atomic E-state index is 0.156. The molecule has 0 bridgehead atoms. The van der Waals surface area contributed by atoms with E-state index in [1.165, 1.54) is 0 Å². The van der Waals surface area contributed by atoms with Crippen molar-refractivity contribution in [1.82, 2.24) is 20.3 Å². The van der Waals surface area contributed by atoms with Crippen LogP contribution in [0, 0.1) is 0 Å². The number of nitrogens with zero attached hydrogens (tertiary/aromatic N) is 3. The van der Waals surface area contributed by atoms with Crippen molar-refractivity contribution in [2.75, 3.05) is 18.0 Å². The molecule has 0 aliphatic carbocycles. The number of aromatic amines is 1. The van der Waals surface area contributed by atoms with Gasteiger partial charge in [0.25, 0.3) is 5.91 Å². The van der Waals surface area contributed by atoms with Crippen LogP contribution in [-0.4, -0.2) is 39.9 Å². The molecule has 1 aromatic carbocycles. The van der Waals surface area contributed by atoms with Gasteiger partial charge in [-0.15, -0.1) is 0 Å². The van der Waals surface area contributed by atoms with Crippen LogP contribution in [0.2, 0.25) is 0 Å². The summed E-state index contributed by atoms with van der Waals surface area (Å²) in [6.45, 7) is 7.35. The molecule has 7 heteroatoms. The van der Waals surface area contributed by atoms with E-state index in [1.54, 1.807) is 24.4 Å². The Balaban J connectivity index is 1.50.